The molecule has 2 amide bonds. The van der Waals surface area contributed by atoms with E-state index in [1.165, 1.54) is 0 Å². The Kier molecular flexibility index (Phi) is 6.12. The smallest absolute Gasteiger partial charge is 0.241 e. The van der Waals surface area contributed by atoms with Gasteiger partial charge in [0.05, 0.1) is 12.6 Å². The number of aliphatic hydroxyl groups is 1. The summed E-state index contributed by atoms with van der Waals surface area (Å²) in [7, 11) is 0. The molecular formula is C13H24N2O3. The molecule has 1 aliphatic heterocycles. The summed E-state index contributed by atoms with van der Waals surface area (Å²) in [4.78, 5) is 24.9. The Morgan fingerprint density at radius 3 is 2.50 bits per heavy atom. The molecule has 0 aromatic heterocycles. The normalized spacial score (nSPS) is 17.0. The third-order valence-electron chi connectivity index (χ3n) is 3.20. The average Bonchev–Trinajstić information content (AvgIpc) is 2.34. The van der Waals surface area contributed by atoms with Gasteiger partial charge in [-0.1, -0.05) is 13.8 Å². The highest BCUT2D eigenvalue weighted by Crippen LogP contribution is 2.09. The van der Waals surface area contributed by atoms with E-state index in [9.17, 15) is 14.7 Å². The molecule has 18 heavy (non-hydrogen) atoms. The number of nitrogens with one attached hydrogen (secondary N) is 1. The Hall–Kier alpha value is -1.10. The summed E-state index contributed by atoms with van der Waals surface area (Å²) in [5.74, 6) is 0.379. The molecule has 0 saturated carbocycles. The van der Waals surface area contributed by atoms with Crippen LogP contribution < -0.4 is 5.32 Å². The zero-order valence-electron chi connectivity index (χ0n) is 11.3. The molecule has 0 aromatic carbocycles. The second kappa shape index (κ2) is 7.36. The highest BCUT2D eigenvalue weighted by molar-refractivity contribution is 5.84. The average molecular weight is 256 g/mol. The van der Waals surface area contributed by atoms with Crippen LogP contribution in [0.5, 0.6) is 0 Å². The van der Waals surface area contributed by atoms with Gasteiger partial charge in [0.2, 0.25) is 11.8 Å². The third kappa shape index (κ3) is 5.49. The third-order valence-corrected chi connectivity index (χ3v) is 3.20. The molecule has 0 aromatic rings. The van der Waals surface area contributed by atoms with Crippen LogP contribution in [0.15, 0.2) is 0 Å². The Balaban J connectivity index is 2.18. The van der Waals surface area contributed by atoms with Crippen molar-refractivity contribution in [1.82, 2.24) is 10.2 Å². The number of carbonyl (C=O) groups is 2. The standard InChI is InChI=1S/C13H24N2O3/c1-10(2)3-4-12(17)14-9-13(18)15-7-5-11(16)6-8-15/h10-11,16H,3-9H2,1-2H3,(H,14,17). The van der Waals surface area contributed by atoms with Gasteiger partial charge in [-0.15, -0.1) is 0 Å². The van der Waals surface area contributed by atoms with E-state index < -0.39 is 0 Å². The molecule has 0 atom stereocenters. The van der Waals surface area contributed by atoms with E-state index in [4.69, 9.17) is 0 Å². The van der Waals surface area contributed by atoms with Crippen molar-refractivity contribution >= 4 is 11.8 Å². The topological polar surface area (TPSA) is 69.6 Å². The quantitative estimate of drug-likeness (QED) is 0.753. The number of nitrogens with zero attached hydrogens (tertiary/aromatic N) is 1. The van der Waals surface area contributed by atoms with Crippen molar-refractivity contribution in [3.8, 4) is 0 Å². The first-order chi connectivity index (χ1) is 8.49. The summed E-state index contributed by atoms with van der Waals surface area (Å²) >= 11 is 0. The fraction of sp³-hybridized carbons (Fsp3) is 0.846. The van der Waals surface area contributed by atoms with Crippen LogP contribution >= 0.6 is 0 Å². The molecule has 1 aliphatic rings. The zero-order chi connectivity index (χ0) is 13.5. The van der Waals surface area contributed by atoms with Crippen LogP contribution in [0, 0.1) is 5.92 Å². The van der Waals surface area contributed by atoms with Crippen molar-refractivity contribution in [2.75, 3.05) is 19.6 Å². The molecule has 0 bridgehead atoms. The van der Waals surface area contributed by atoms with Crippen molar-refractivity contribution in [1.29, 1.82) is 0 Å². The van der Waals surface area contributed by atoms with E-state index in [1.807, 2.05) is 0 Å². The number of piperidine rings is 1. The first-order valence-electron chi connectivity index (χ1n) is 6.71. The second-order valence-corrected chi connectivity index (χ2v) is 5.32. The van der Waals surface area contributed by atoms with Gasteiger partial charge < -0.3 is 15.3 Å². The molecule has 5 heteroatoms. The molecule has 0 unspecified atom stereocenters. The summed E-state index contributed by atoms with van der Waals surface area (Å²) in [6.45, 7) is 5.38. The lowest BCUT2D eigenvalue weighted by atomic mass is 10.1. The predicted molar refractivity (Wildman–Crippen MR) is 68.9 cm³/mol. The van der Waals surface area contributed by atoms with Gasteiger partial charge in [0.1, 0.15) is 0 Å². The lowest BCUT2D eigenvalue weighted by Gasteiger charge is -2.29. The number of hydrogen-bond donors (Lipinski definition) is 2. The number of aliphatic hydroxyl groups excluding tert-OH is 1. The highest BCUT2D eigenvalue weighted by Gasteiger charge is 2.21. The summed E-state index contributed by atoms with van der Waals surface area (Å²) in [6, 6.07) is 0. The molecule has 1 rings (SSSR count). The fourth-order valence-corrected chi connectivity index (χ4v) is 1.91. The van der Waals surface area contributed by atoms with Gasteiger partial charge in [-0.3, -0.25) is 9.59 Å². The molecule has 1 fully saturated rings. The monoisotopic (exact) mass is 256 g/mol. The Morgan fingerprint density at radius 1 is 1.33 bits per heavy atom. The van der Waals surface area contributed by atoms with E-state index in [-0.39, 0.29) is 24.5 Å². The summed E-state index contributed by atoms with van der Waals surface area (Å²) in [5.41, 5.74) is 0. The largest absolute Gasteiger partial charge is 0.393 e. The van der Waals surface area contributed by atoms with Crippen molar-refractivity contribution < 1.29 is 14.7 Å². The first-order valence-corrected chi connectivity index (χ1v) is 6.71. The molecule has 2 N–H and O–H groups in total. The maximum Gasteiger partial charge on any atom is 0.241 e. The van der Waals surface area contributed by atoms with Crippen molar-refractivity contribution in [2.24, 2.45) is 5.92 Å². The Labute approximate surface area is 109 Å². The molecule has 5 nitrogen and oxygen atoms in total. The van der Waals surface area contributed by atoms with E-state index in [0.29, 0.717) is 38.3 Å². The summed E-state index contributed by atoms with van der Waals surface area (Å²) in [6.07, 6.45) is 2.30. The molecule has 104 valence electrons. The minimum Gasteiger partial charge on any atom is -0.393 e. The number of hydrogen-bond acceptors (Lipinski definition) is 3. The van der Waals surface area contributed by atoms with E-state index >= 15 is 0 Å². The van der Waals surface area contributed by atoms with Crippen molar-refractivity contribution in [3.05, 3.63) is 0 Å². The minimum atomic E-state index is -0.283. The Bertz CT molecular complexity index is 284. The van der Waals surface area contributed by atoms with Gasteiger partial charge in [0.25, 0.3) is 0 Å². The van der Waals surface area contributed by atoms with Crippen LogP contribution in [0.25, 0.3) is 0 Å². The van der Waals surface area contributed by atoms with Crippen LogP contribution in [0.2, 0.25) is 0 Å². The highest BCUT2D eigenvalue weighted by atomic mass is 16.3. The number of likely N-dealkylation sites (tertiary alicyclic amines) is 1. The maximum absolute atomic E-state index is 11.8. The summed E-state index contributed by atoms with van der Waals surface area (Å²) < 4.78 is 0. The fourth-order valence-electron chi connectivity index (χ4n) is 1.91. The van der Waals surface area contributed by atoms with E-state index in [2.05, 4.69) is 19.2 Å². The molecule has 1 heterocycles. The number of rotatable bonds is 5. The van der Waals surface area contributed by atoms with Crippen LogP contribution in [-0.2, 0) is 9.59 Å². The predicted octanol–water partition coefficient (Wildman–Crippen LogP) is 0.522. The SMILES string of the molecule is CC(C)CCC(=O)NCC(=O)N1CCC(O)CC1. The maximum atomic E-state index is 11.8. The van der Waals surface area contributed by atoms with Gasteiger partial charge in [-0.2, -0.15) is 0 Å². The molecular weight excluding hydrogens is 232 g/mol. The van der Waals surface area contributed by atoms with E-state index in [0.717, 1.165) is 6.42 Å². The number of carbonyl (C=O) groups excluding carboxylic acids is 2. The zero-order valence-corrected chi connectivity index (χ0v) is 11.3. The van der Waals surface area contributed by atoms with Crippen molar-refractivity contribution in [3.63, 3.8) is 0 Å². The molecule has 1 saturated heterocycles. The minimum absolute atomic E-state index is 0.0557. The number of amides is 2. The lowest BCUT2D eigenvalue weighted by molar-refractivity contribution is -0.134. The van der Waals surface area contributed by atoms with E-state index in [1.54, 1.807) is 4.90 Å². The molecule has 0 radical (unpaired) electrons. The van der Waals surface area contributed by atoms with Gasteiger partial charge >= 0.3 is 0 Å². The van der Waals surface area contributed by atoms with Crippen LogP contribution in [-0.4, -0.2) is 47.6 Å². The van der Waals surface area contributed by atoms with Gasteiger partial charge in [-0.25, -0.2) is 0 Å². The molecule has 0 spiro atoms. The van der Waals surface area contributed by atoms with Crippen LogP contribution in [0.4, 0.5) is 0 Å². The molecule has 0 aliphatic carbocycles. The van der Waals surface area contributed by atoms with Crippen LogP contribution in [0.3, 0.4) is 0 Å². The lowest BCUT2D eigenvalue weighted by Crippen LogP contribution is -2.45. The van der Waals surface area contributed by atoms with Gasteiger partial charge in [-0.05, 0) is 25.2 Å². The Morgan fingerprint density at radius 2 is 1.94 bits per heavy atom. The second-order valence-electron chi connectivity index (χ2n) is 5.32. The van der Waals surface area contributed by atoms with Gasteiger partial charge in [0, 0.05) is 19.5 Å². The first kappa shape index (κ1) is 15.0. The van der Waals surface area contributed by atoms with Crippen LogP contribution in [0.1, 0.15) is 39.5 Å². The summed E-state index contributed by atoms with van der Waals surface area (Å²) in [5, 5.41) is 12.0. The van der Waals surface area contributed by atoms with Crippen molar-refractivity contribution in [2.45, 2.75) is 45.6 Å². The van der Waals surface area contributed by atoms with Gasteiger partial charge in [0.15, 0.2) is 0 Å².